The molecule has 7 heteroatoms. The predicted octanol–water partition coefficient (Wildman–Crippen LogP) is 0.342. The highest BCUT2D eigenvalue weighted by atomic mass is 16.3. The number of aryl methyl sites for hydroxylation is 2. The largest absolute Gasteiger partial charge is 0.494 e. The Hall–Kier alpha value is -2.31. The summed E-state index contributed by atoms with van der Waals surface area (Å²) in [6.45, 7) is 3.86. The van der Waals surface area contributed by atoms with Crippen molar-refractivity contribution in [3.8, 4) is 5.88 Å². The van der Waals surface area contributed by atoms with E-state index in [2.05, 4.69) is 10.1 Å². The molecule has 0 bridgehead atoms. The molecule has 0 aliphatic rings. The molecule has 0 aromatic carbocycles. The van der Waals surface area contributed by atoms with Crippen LogP contribution in [0.1, 0.15) is 31.0 Å². The molecule has 0 amide bonds. The van der Waals surface area contributed by atoms with Crippen LogP contribution in [0.3, 0.4) is 0 Å². The number of rotatable bonds is 4. The summed E-state index contributed by atoms with van der Waals surface area (Å²) in [6, 6.07) is 1.84. The number of nitrogens with one attached hydrogen (secondary N) is 1. The maximum Gasteiger partial charge on any atom is 0.331 e. The van der Waals surface area contributed by atoms with Crippen LogP contribution < -0.4 is 11.2 Å². The maximum atomic E-state index is 11.8. The molecule has 2 rings (SSSR count). The molecule has 0 saturated heterocycles. The lowest BCUT2D eigenvalue weighted by molar-refractivity contribution is 0.388. The average Bonchev–Trinajstić information content (AvgIpc) is 2.73. The summed E-state index contributed by atoms with van der Waals surface area (Å²) < 4.78 is 2.89. The molecule has 0 spiro atoms. The molecule has 0 aliphatic carbocycles. The summed E-state index contributed by atoms with van der Waals surface area (Å²) in [7, 11) is 1.81. The highest BCUT2D eigenvalue weighted by Gasteiger charge is 2.16. The van der Waals surface area contributed by atoms with Gasteiger partial charge in [-0.1, -0.05) is 13.8 Å². The van der Waals surface area contributed by atoms with Crippen molar-refractivity contribution in [1.82, 2.24) is 19.3 Å². The van der Waals surface area contributed by atoms with Crippen LogP contribution in [0.15, 0.2) is 21.9 Å². The minimum atomic E-state index is -0.598. The number of aromatic nitrogens is 4. The first-order chi connectivity index (χ1) is 9.41. The number of nitrogens with zero attached hydrogens (tertiary/aromatic N) is 3. The van der Waals surface area contributed by atoms with Crippen molar-refractivity contribution in [2.24, 2.45) is 7.05 Å². The fourth-order valence-corrected chi connectivity index (χ4v) is 2.18. The smallest absolute Gasteiger partial charge is 0.331 e. The van der Waals surface area contributed by atoms with Crippen LogP contribution in [-0.2, 0) is 20.0 Å². The van der Waals surface area contributed by atoms with E-state index in [9.17, 15) is 14.7 Å². The average molecular weight is 278 g/mol. The van der Waals surface area contributed by atoms with Crippen molar-refractivity contribution in [3.05, 3.63) is 44.4 Å². The van der Waals surface area contributed by atoms with Gasteiger partial charge in [0.1, 0.15) is 0 Å². The lowest BCUT2D eigenvalue weighted by Gasteiger charge is -2.13. The zero-order valence-electron chi connectivity index (χ0n) is 11.8. The Kier molecular flexibility index (Phi) is 3.78. The Bertz CT molecular complexity index is 724. The molecule has 0 fully saturated rings. The third-order valence-corrected chi connectivity index (χ3v) is 3.30. The molecule has 2 aromatic rings. The van der Waals surface area contributed by atoms with E-state index in [0.29, 0.717) is 6.42 Å². The first-order valence-corrected chi connectivity index (χ1v) is 6.44. The van der Waals surface area contributed by atoms with Gasteiger partial charge in [0, 0.05) is 31.9 Å². The van der Waals surface area contributed by atoms with Crippen LogP contribution in [-0.4, -0.2) is 24.4 Å². The summed E-state index contributed by atoms with van der Waals surface area (Å²) in [6.07, 6.45) is 2.21. The van der Waals surface area contributed by atoms with Crippen LogP contribution in [0.25, 0.3) is 0 Å². The summed E-state index contributed by atoms with van der Waals surface area (Å²) >= 11 is 0. The number of hydrogen-bond donors (Lipinski definition) is 2. The molecule has 0 atom stereocenters. The van der Waals surface area contributed by atoms with Gasteiger partial charge in [0.2, 0.25) is 5.88 Å². The van der Waals surface area contributed by atoms with E-state index in [1.54, 1.807) is 24.7 Å². The molecule has 2 aromatic heterocycles. The van der Waals surface area contributed by atoms with Crippen molar-refractivity contribution in [2.45, 2.75) is 32.7 Å². The fourth-order valence-electron chi connectivity index (χ4n) is 2.18. The third-order valence-electron chi connectivity index (χ3n) is 3.30. The first-order valence-electron chi connectivity index (χ1n) is 6.44. The zero-order valence-corrected chi connectivity index (χ0v) is 11.8. The topological polar surface area (TPSA) is 92.9 Å². The van der Waals surface area contributed by atoms with E-state index in [1.807, 2.05) is 13.1 Å². The van der Waals surface area contributed by atoms with Gasteiger partial charge < -0.3 is 5.11 Å². The quantitative estimate of drug-likeness (QED) is 0.843. The summed E-state index contributed by atoms with van der Waals surface area (Å²) in [5.41, 5.74) is 0.0431. The van der Waals surface area contributed by atoms with Gasteiger partial charge in [0.15, 0.2) is 0 Å². The number of aromatic amines is 1. The highest BCUT2D eigenvalue weighted by Crippen LogP contribution is 2.19. The minimum absolute atomic E-state index is 0.165. The maximum absolute atomic E-state index is 11.8. The summed E-state index contributed by atoms with van der Waals surface area (Å²) in [5, 5.41) is 14.2. The molecular formula is C13H18N4O3. The van der Waals surface area contributed by atoms with Gasteiger partial charge in [-0.05, 0) is 12.0 Å². The highest BCUT2D eigenvalue weighted by molar-refractivity contribution is 5.25. The molecule has 0 saturated carbocycles. The van der Waals surface area contributed by atoms with Crippen LogP contribution in [0.5, 0.6) is 5.88 Å². The second kappa shape index (κ2) is 5.36. The van der Waals surface area contributed by atoms with E-state index in [-0.39, 0.29) is 23.9 Å². The van der Waals surface area contributed by atoms with Crippen molar-refractivity contribution in [2.75, 3.05) is 0 Å². The molecular weight excluding hydrogens is 260 g/mol. The van der Waals surface area contributed by atoms with Crippen molar-refractivity contribution >= 4 is 0 Å². The van der Waals surface area contributed by atoms with Crippen molar-refractivity contribution < 1.29 is 5.11 Å². The van der Waals surface area contributed by atoms with Gasteiger partial charge in [0.05, 0.1) is 5.56 Å². The normalized spacial score (nSPS) is 11.2. The fraction of sp³-hybridized carbons (Fsp3) is 0.462. The van der Waals surface area contributed by atoms with Gasteiger partial charge >= 0.3 is 5.69 Å². The van der Waals surface area contributed by atoms with Crippen molar-refractivity contribution in [1.29, 1.82) is 0 Å². The summed E-state index contributed by atoms with van der Waals surface area (Å²) in [5.74, 6) is -0.418. The Morgan fingerprint density at radius 3 is 2.65 bits per heavy atom. The van der Waals surface area contributed by atoms with Crippen LogP contribution in [0.4, 0.5) is 0 Å². The van der Waals surface area contributed by atoms with Crippen LogP contribution in [0.2, 0.25) is 0 Å². The van der Waals surface area contributed by atoms with Crippen LogP contribution >= 0.6 is 0 Å². The third kappa shape index (κ3) is 2.52. The van der Waals surface area contributed by atoms with E-state index in [1.165, 1.54) is 4.57 Å². The van der Waals surface area contributed by atoms with Gasteiger partial charge in [-0.3, -0.25) is 19.0 Å². The SMILES string of the molecule is CC(C)c1c(O)n(CCc2ccnn2C)c(=O)[nH]c1=O. The monoisotopic (exact) mass is 278 g/mol. The lowest BCUT2D eigenvalue weighted by Crippen LogP contribution is -2.33. The predicted molar refractivity (Wildman–Crippen MR) is 74.0 cm³/mol. The van der Waals surface area contributed by atoms with Crippen molar-refractivity contribution in [3.63, 3.8) is 0 Å². The Labute approximate surface area is 115 Å². The second-order valence-corrected chi connectivity index (χ2v) is 5.00. The molecule has 20 heavy (non-hydrogen) atoms. The van der Waals surface area contributed by atoms with Gasteiger partial charge in [-0.2, -0.15) is 5.10 Å². The molecule has 0 aliphatic heterocycles. The van der Waals surface area contributed by atoms with E-state index in [4.69, 9.17) is 0 Å². The minimum Gasteiger partial charge on any atom is -0.494 e. The Morgan fingerprint density at radius 1 is 1.40 bits per heavy atom. The van der Waals surface area contributed by atoms with Crippen LogP contribution in [0, 0.1) is 0 Å². The lowest BCUT2D eigenvalue weighted by atomic mass is 10.1. The zero-order chi connectivity index (χ0) is 14.9. The molecule has 2 heterocycles. The standard InChI is InChI=1S/C13H18N4O3/c1-8(2)10-11(18)15-13(20)17(12(10)19)7-5-9-4-6-14-16(9)3/h4,6,8,19H,5,7H2,1-3H3,(H,15,18,20). The molecule has 7 nitrogen and oxygen atoms in total. The summed E-state index contributed by atoms with van der Waals surface area (Å²) in [4.78, 5) is 25.7. The van der Waals surface area contributed by atoms with Gasteiger partial charge in [-0.15, -0.1) is 0 Å². The Balaban J connectivity index is 2.37. The number of aromatic hydroxyl groups is 1. The molecule has 2 N–H and O–H groups in total. The van der Waals surface area contributed by atoms with Gasteiger partial charge in [0.25, 0.3) is 5.56 Å². The molecule has 0 unspecified atom stereocenters. The second-order valence-electron chi connectivity index (χ2n) is 5.00. The van der Waals surface area contributed by atoms with E-state index >= 15 is 0 Å². The molecule has 0 radical (unpaired) electrons. The Morgan fingerprint density at radius 2 is 2.10 bits per heavy atom. The number of hydrogen-bond acceptors (Lipinski definition) is 4. The van der Waals surface area contributed by atoms with E-state index < -0.39 is 11.2 Å². The first kappa shape index (κ1) is 14.1. The number of H-pyrrole nitrogens is 1. The van der Waals surface area contributed by atoms with Gasteiger partial charge in [-0.25, -0.2) is 4.79 Å². The van der Waals surface area contributed by atoms with E-state index in [0.717, 1.165) is 5.69 Å². The molecule has 108 valence electrons.